The molecule has 2 aromatic rings. The van der Waals surface area contributed by atoms with Gasteiger partial charge in [-0.2, -0.15) is 0 Å². The molecule has 0 aromatic carbocycles. The second kappa shape index (κ2) is 6.19. The number of aromatic nitrogens is 1. The zero-order valence-electron chi connectivity index (χ0n) is 11.9. The topological polar surface area (TPSA) is 77.2 Å². The number of nitrogen functional groups attached to an aromatic ring is 1. The van der Waals surface area contributed by atoms with Crippen LogP contribution >= 0.6 is 11.3 Å². The summed E-state index contributed by atoms with van der Waals surface area (Å²) in [5.74, 6) is -0.159. The lowest BCUT2D eigenvalue weighted by molar-refractivity contribution is 0.0899. The van der Waals surface area contributed by atoms with E-state index in [1.54, 1.807) is 13.3 Å². The van der Waals surface area contributed by atoms with E-state index in [1.165, 1.54) is 11.3 Å². The summed E-state index contributed by atoms with van der Waals surface area (Å²) in [6.07, 6.45) is 2.54. The van der Waals surface area contributed by atoms with E-state index in [1.807, 2.05) is 19.9 Å². The highest BCUT2D eigenvalue weighted by atomic mass is 32.1. The number of hydrogen-bond acceptors (Lipinski definition) is 5. The van der Waals surface area contributed by atoms with E-state index < -0.39 is 0 Å². The summed E-state index contributed by atoms with van der Waals surface area (Å²) < 4.78 is 5.08. The third-order valence-corrected chi connectivity index (χ3v) is 4.35. The Kier molecular flexibility index (Phi) is 4.57. The van der Waals surface area contributed by atoms with E-state index in [0.29, 0.717) is 17.2 Å². The normalized spacial score (nSPS) is 12.6. The first-order valence-corrected chi connectivity index (χ1v) is 7.33. The first-order chi connectivity index (χ1) is 9.58. The lowest BCUT2D eigenvalue weighted by Gasteiger charge is -2.15. The van der Waals surface area contributed by atoms with Crippen LogP contribution in [0, 0.1) is 6.92 Å². The predicted molar refractivity (Wildman–Crippen MR) is 82.2 cm³/mol. The lowest BCUT2D eigenvalue weighted by Crippen LogP contribution is -2.37. The summed E-state index contributed by atoms with van der Waals surface area (Å²) in [5, 5.41) is 3.82. The molecule has 0 saturated carbocycles. The fourth-order valence-electron chi connectivity index (χ4n) is 2.09. The predicted octanol–water partition coefficient (Wildman–Crippen LogP) is 2.34. The number of fused-ring (bicyclic) bond motifs is 1. The number of thiophene rings is 1. The number of hydrogen-bond donors (Lipinski definition) is 2. The Balaban J connectivity index is 2.31. The van der Waals surface area contributed by atoms with Gasteiger partial charge >= 0.3 is 0 Å². The second-order valence-corrected chi connectivity index (χ2v) is 5.69. The Bertz CT molecular complexity index is 624. The van der Waals surface area contributed by atoms with E-state index in [2.05, 4.69) is 10.3 Å². The molecule has 2 aromatic heterocycles. The number of carbonyl (C=O) groups is 1. The largest absolute Gasteiger partial charge is 0.397 e. The first-order valence-electron chi connectivity index (χ1n) is 6.51. The van der Waals surface area contributed by atoms with Crippen LogP contribution in [0.2, 0.25) is 0 Å². The number of nitrogens with zero attached hydrogens (tertiary/aromatic N) is 1. The Morgan fingerprint density at radius 3 is 2.95 bits per heavy atom. The molecule has 1 amide bonds. The maximum Gasteiger partial charge on any atom is 0.263 e. The fraction of sp³-hybridized carbons (Fsp3) is 0.429. The monoisotopic (exact) mass is 293 g/mol. The van der Waals surface area contributed by atoms with Crippen molar-refractivity contribution in [1.29, 1.82) is 0 Å². The standard InChI is InChI=1S/C14H19N3O2S/c1-4-9(7-19-3)17-13(18)12-11(15)10-8(2)5-6-16-14(10)20-12/h5-6,9H,4,7,15H2,1-3H3,(H,17,18). The molecule has 2 heterocycles. The molecule has 1 unspecified atom stereocenters. The quantitative estimate of drug-likeness (QED) is 0.887. The summed E-state index contributed by atoms with van der Waals surface area (Å²) in [7, 11) is 1.62. The molecule has 1 atom stereocenters. The van der Waals surface area contributed by atoms with Gasteiger partial charge in [0.25, 0.3) is 5.91 Å². The van der Waals surface area contributed by atoms with Gasteiger partial charge in [0.1, 0.15) is 9.71 Å². The average molecular weight is 293 g/mol. The number of ether oxygens (including phenoxy) is 1. The highest BCUT2D eigenvalue weighted by molar-refractivity contribution is 7.21. The number of amides is 1. The minimum atomic E-state index is -0.159. The number of rotatable bonds is 5. The van der Waals surface area contributed by atoms with Gasteiger partial charge in [0.15, 0.2) is 0 Å². The van der Waals surface area contributed by atoms with Gasteiger partial charge in [-0.3, -0.25) is 4.79 Å². The van der Waals surface area contributed by atoms with Gasteiger partial charge in [-0.25, -0.2) is 4.98 Å². The maximum absolute atomic E-state index is 12.3. The van der Waals surface area contributed by atoms with Crippen molar-refractivity contribution in [3.05, 3.63) is 22.7 Å². The molecule has 0 aliphatic rings. The smallest absolute Gasteiger partial charge is 0.263 e. The van der Waals surface area contributed by atoms with Crippen molar-refractivity contribution >= 4 is 33.1 Å². The summed E-state index contributed by atoms with van der Waals surface area (Å²) in [6.45, 7) is 4.46. The summed E-state index contributed by atoms with van der Waals surface area (Å²) in [5.41, 5.74) is 7.66. The number of nitrogens with two attached hydrogens (primary N) is 1. The SMILES string of the molecule is CCC(COC)NC(=O)c1sc2nccc(C)c2c1N. The van der Waals surface area contributed by atoms with Crippen LogP contribution in [0.1, 0.15) is 28.6 Å². The molecule has 0 bridgehead atoms. The van der Waals surface area contributed by atoms with Crippen LogP contribution in [-0.4, -0.2) is 30.6 Å². The maximum atomic E-state index is 12.3. The minimum absolute atomic E-state index is 0.00818. The fourth-order valence-corrected chi connectivity index (χ4v) is 3.13. The molecule has 108 valence electrons. The Morgan fingerprint density at radius 1 is 1.60 bits per heavy atom. The zero-order chi connectivity index (χ0) is 14.7. The van der Waals surface area contributed by atoms with Crippen LogP contribution in [0.25, 0.3) is 10.2 Å². The van der Waals surface area contributed by atoms with Crippen molar-refractivity contribution in [2.24, 2.45) is 0 Å². The van der Waals surface area contributed by atoms with Crippen LogP contribution < -0.4 is 11.1 Å². The third kappa shape index (κ3) is 2.76. The number of nitrogens with one attached hydrogen (secondary N) is 1. The van der Waals surface area contributed by atoms with Crippen molar-refractivity contribution in [2.75, 3.05) is 19.5 Å². The van der Waals surface area contributed by atoms with Gasteiger partial charge in [0, 0.05) is 18.7 Å². The molecule has 3 N–H and O–H groups in total. The highest BCUT2D eigenvalue weighted by Crippen LogP contribution is 2.34. The molecular formula is C14H19N3O2S. The molecule has 0 spiro atoms. The number of pyridine rings is 1. The zero-order valence-corrected chi connectivity index (χ0v) is 12.7. The molecule has 0 fully saturated rings. The molecule has 6 heteroatoms. The molecule has 5 nitrogen and oxygen atoms in total. The Morgan fingerprint density at radius 2 is 2.35 bits per heavy atom. The third-order valence-electron chi connectivity index (χ3n) is 3.24. The molecule has 20 heavy (non-hydrogen) atoms. The summed E-state index contributed by atoms with van der Waals surface area (Å²) in [6, 6.07) is 1.89. The number of methoxy groups -OCH3 is 1. The van der Waals surface area contributed by atoms with Gasteiger partial charge in [0.05, 0.1) is 18.3 Å². The van der Waals surface area contributed by atoms with E-state index in [4.69, 9.17) is 10.5 Å². The van der Waals surface area contributed by atoms with E-state index in [-0.39, 0.29) is 11.9 Å². The molecule has 0 aliphatic heterocycles. The van der Waals surface area contributed by atoms with Gasteiger partial charge in [-0.05, 0) is 25.0 Å². The summed E-state index contributed by atoms with van der Waals surface area (Å²) in [4.78, 5) is 17.9. The molecular weight excluding hydrogens is 274 g/mol. The lowest BCUT2D eigenvalue weighted by atomic mass is 10.1. The number of carbonyl (C=O) groups excluding carboxylic acids is 1. The van der Waals surface area contributed by atoms with E-state index in [0.717, 1.165) is 22.2 Å². The average Bonchev–Trinajstić information content (AvgIpc) is 2.77. The highest BCUT2D eigenvalue weighted by Gasteiger charge is 2.20. The first kappa shape index (κ1) is 14.7. The Hall–Kier alpha value is -1.66. The van der Waals surface area contributed by atoms with Crippen molar-refractivity contribution in [3.63, 3.8) is 0 Å². The van der Waals surface area contributed by atoms with Crippen molar-refractivity contribution < 1.29 is 9.53 Å². The minimum Gasteiger partial charge on any atom is -0.397 e. The van der Waals surface area contributed by atoms with Crippen molar-refractivity contribution in [1.82, 2.24) is 10.3 Å². The van der Waals surface area contributed by atoms with Crippen LogP contribution in [0.5, 0.6) is 0 Å². The molecule has 0 saturated heterocycles. The van der Waals surface area contributed by atoms with Gasteiger partial charge in [-0.1, -0.05) is 6.92 Å². The van der Waals surface area contributed by atoms with Crippen molar-refractivity contribution in [2.45, 2.75) is 26.3 Å². The van der Waals surface area contributed by atoms with Gasteiger partial charge in [0.2, 0.25) is 0 Å². The van der Waals surface area contributed by atoms with E-state index >= 15 is 0 Å². The Labute approximate surface area is 122 Å². The number of aryl methyl sites for hydroxylation is 1. The van der Waals surface area contributed by atoms with Crippen LogP contribution in [0.4, 0.5) is 5.69 Å². The van der Waals surface area contributed by atoms with Crippen molar-refractivity contribution in [3.8, 4) is 0 Å². The van der Waals surface area contributed by atoms with Crippen LogP contribution in [0.15, 0.2) is 12.3 Å². The molecule has 0 radical (unpaired) electrons. The second-order valence-electron chi connectivity index (χ2n) is 4.69. The van der Waals surface area contributed by atoms with E-state index in [9.17, 15) is 4.79 Å². The van der Waals surface area contributed by atoms with Crippen LogP contribution in [-0.2, 0) is 4.74 Å². The molecule has 2 rings (SSSR count). The van der Waals surface area contributed by atoms with Gasteiger partial charge in [-0.15, -0.1) is 11.3 Å². The summed E-state index contributed by atoms with van der Waals surface area (Å²) >= 11 is 1.33. The van der Waals surface area contributed by atoms with Gasteiger partial charge < -0.3 is 15.8 Å². The van der Waals surface area contributed by atoms with Crippen LogP contribution in [0.3, 0.4) is 0 Å². The molecule has 0 aliphatic carbocycles. The number of anilines is 1.